The average molecular weight is 497 g/mol. The lowest BCUT2D eigenvalue weighted by molar-refractivity contribution is -0.123. The fraction of sp³-hybridized carbons (Fsp3) is 0.364. The van der Waals surface area contributed by atoms with Gasteiger partial charge in [0.15, 0.2) is 0 Å². The van der Waals surface area contributed by atoms with Gasteiger partial charge in [-0.3, -0.25) is 4.79 Å². The van der Waals surface area contributed by atoms with Gasteiger partial charge in [0, 0.05) is 16.1 Å². The van der Waals surface area contributed by atoms with Gasteiger partial charge >= 0.3 is 17.6 Å². The van der Waals surface area contributed by atoms with Gasteiger partial charge in [-0.25, -0.2) is 12.8 Å². The summed E-state index contributed by atoms with van der Waals surface area (Å²) in [7, 11) is -4.44. The van der Waals surface area contributed by atoms with Crippen LogP contribution in [-0.4, -0.2) is 26.0 Å². The molecule has 32 heavy (non-hydrogen) atoms. The third kappa shape index (κ3) is 4.29. The number of hydrogen-bond acceptors (Lipinski definition) is 3. The molecule has 1 heterocycles. The van der Waals surface area contributed by atoms with E-state index in [1.165, 1.54) is 30.3 Å². The summed E-state index contributed by atoms with van der Waals surface area (Å²) in [6, 6.07) is 11.2. The number of benzene rings is 2. The Bertz CT molecular complexity index is 1210. The van der Waals surface area contributed by atoms with E-state index in [-0.39, 0.29) is 16.0 Å². The molecule has 2 aromatic rings. The first kappa shape index (κ1) is 22.8. The molecular weight excluding hydrogens is 476 g/mol. The second-order valence-electron chi connectivity index (χ2n) is 8.15. The highest BCUT2D eigenvalue weighted by molar-refractivity contribution is 7.93. The maximum absolute atomic E-state index is 14.9. The monoisotopic (exact) mass is 496 g/mol. The maximum Gasteiger partial charge on any atom is 0.575 e. The van der Waals surface area contributed by atoms with Crippen molar-refractivity contribution in [2.75, 3.05) is 4.31 Å². The Kier molecular flexibility index (Phi) is 6.10. The molecule has 168 valence electrons. The number of halogens is 3. The number of rotatable bonds is 6. The molecule has 1 amide bonds. The zero-order chi connectivity index (χ0) is 23.1. The molecule has 1 aliphatic carbocycles. The zero-order valence-corrected chi connectivity index (χ0v) is 19.5. The Labute approximate surface area is 196 Å². The molecule has 1 N–H and O–H groups in total. The molecule has 0 saturated heterocycles. The van der Waals surface area contributed by atoms with Crippen molar-refractivity contribution in [2.24, 2.45) is 5.92 Å². The molecule has 0 spiro atoms. The van der Waals surface area contributed by atoms with Gasteiger partial charge in [0.2, 0.25) is 0 Å². The van der Waals surface area contributed by atoms with Crippen LogP contribution < -0.4 is 9.62 Å². The minimum atomic E-state index is -4.44. The number of nitrogens with one attached hydrogen (secondary N) is 1. The highest BCUT2D eigenvalue weighted by Crippen LogP contribution is 2.40. The van der Waals surface area contributed by atoms with Crippen LogP contribution in [0.15, 0.2) is 47.4 Å². The van der Waals surface area contributed by atoms with Crippen LogP contribution in [0.3, 0.4) is 0 Å². The van der Waals surface area contributed by atoms with E-state index in [2.05, 4.69) is 23.2 Å². The zero-order valence-electron chi connectivity index (χ0n) is 17.2. The van der Waals surface area contributed by atoms with Crippen LogP contribution in [-0.2, 0) is 14.8 Å². The van der Waals surface area contributed by atoms with Gasteiger partial charge in [-0.05, 0) is 78.9 Å². The van der Waals surface area contributed by atoms with Crippen molar-refractivity contribution < 1.29 is 17.6 Å². The van der Waals surface area contributed by atoms with Crippen LogP contribution >= 0.6 is 23.2 Å². The van der Waals surface area contributed by atoms with Gasteiger partial charge in [-0.2, -0.15) is 4.31 Å². The minimum absolute atomic E-state index is 0.107. The fourth-order valence-electron chi connectivity index (χ4n) is 3.86. The Balaban J connectivity index is 1.75. The van der Waals surface area contributed by atoms with Crippen molar-refractivity contribution in [1.82, 2.24) is 5.32 Å². The lowest BCUT2D eigenvalue weighted by Gasteiger charge is -2.28. The van der Waals surface area contributed by atoms with E-state index >= 15 is 0 Å². The molecule has 2 aromatic carbocycles. The molecule has 6 nitrogen and oxygen atoms in total. The number of sulfonamides is 1. The van der Waals surface area contributed by atoms with E-state index in [4.69, 9.17) is 23.2 Å². The summed E-state index contributed by atoms with van der Waals surface area (Å²) < 4.78 is 42.8. The normalized spacial score (nSPS) is 24.2. The Hall–Kier alpha value is -2.34. The van der Waals surface area contributed by atoms with Gasteiger partial charge in [-0.15, -0.1) is 0 Å². The lowest BCUT2D eigenvalue weighted by Crippen LogP contribution is -2.56. The maximum atomic E-state index is 14.9. The van der Waals surface area contributed by atoms with Crippen LogP contribution in [0.1, 0.15) is 32.6 Å². The molecule has 1 fully saturated rings. The first-order valence-electron chi connectivity index (χ1n) is 10.2. The van der Waals surface area contributed by atoms with Crippen LogP contribution in [0.25, 0.3) is 4.85 Å². The van der Waals surface area contributed by atoms with E-state index in [0.29, 0.717) is 15.2 Å². The summed E-state index contributed by atoms with van der Waals surface area (Å²) in [5, 5.41) is 3.32. The van der Waals surface area contributed by atoms with E-state index < -0.39 is 33.1 Å². The number of hydrogen-bond donors (Lipinski definition) is 1. The molecule has 1 atom stereocenters. The summed E-state index contributed by atoms with van der Waals surface area (Å²) in [6.07, 6.45) is 3.47. The molecule has 10 heteroatoms. The highest BCUT2D eigenvalue weighted by atomic mass is 35.5. The largest absolute Gasteiger partial charge is 0.575 e. The summed E-state index contributed by atoms with van der Waals surface area (Å²) in [6.45, 7) is 2.15. The second kappa shape index (κ2) is 8.54. The second-order valence-corrected chi connectivity index (χ2v) is 10.8. The van der Waals surface area contributed by atoms with Crippen molar-refractivity contribution >= 4 is 44.8 Å². The number of carbonyl (C=O) groups is 1. The van der Waals surface area contributed by atoms with Crippen molar-refractivity contribution in [3.63, 3.8) is 0 Å². The standard InChI is InChI=1S/C22H20Cl2FN3O3S/c1-14-2-7-17(8-3-14)27-21(29)22(13-26-22)28(20-12-16(24)6-11-19(20)25)32(30,31)18-9-4-15(23)5-10-18/h4-6,9-12,14,17H,2-3,7-8H2,1H3/p+1/t14?,17?,22-/m1/s1. The summed E-state index contributed by atoms with van der Waals surface area (Å²) in [4.78, 5) is 17.0. The third-order valence-corrected chi connectivity index (χ3v) is 8.06. The molecule has 0 aromatic heterocycles. The minimum Gasteiger partial charge on any atom is -0.343 e. The van der Waals surface area contributed by atoms with E-state index in [9.17, 15) is 17.6 Å². The molecule has 4 rings (SSSR count). The first-order valence-corrected chi connectivity index (χ1v) is 12.4. The van der Waals surface area contributed by atoms with E-state index in [1.807, 2.05) is 0 Å². The molecule has 0 radical (unpaired) electrons. The van der Waals surface area contributed by atoms with Crippen molar-refractivity contribution in [3.05, 3.63) is 63.2 Å². The van der Waals surface area contributed by atoms with Crippen LogP contribution in [0, 0.1) is 17.8 Å². The van der Waals surface area contributed by atoms with Crippen molar-refractivity contribution in [1.29, 1.82) is 0 Å². The van der Waals surface area contributed by atoms with Crippen molar-refractivity contribution in [2.45, 2.75) is 49.2 Å². The molecule has 1 saturated carbocycles. The van der Waals surface area contributed by atoms with E-state index in [0.717, 1.165) is 37.8 Å². The first-order chi connectivity index (χ1) is 15.1. The SMILES string of the molecule is CC1CCC(NC(=O)[C@]2(N(c3cc(Cl)ccc3F)S(=O)(=O)c3ccc(Cl)cc3)C#[N+]2)CC1. The topological polar surface area (TPSA) is 70.8 Å². The van der Waals surface area contributed by atoms with Gasteiger partial charge in [0.1, 0.15) is 5.82 Å². The fourth-order valence-corrected chi connectivity index (χ4v) is 5.75. The summed E-state index contributed by atoms with van der Waals surface area (Å²) in [5.41, 5.74) is -2.42. The number of anilines is 1. The van der Waals surface area contributed by atoms with Crippen LogP contribution in [0.5, 0.6) is 0 Å². The molecule has 0 unspecified atom stereocenters. The molecule has 0 bridgehead atoms. The van der Waals surface area contributed by atoms with Crippen LogP contribution in [0.2, 0.25) is 10.0 Å². The number of amides is 1. The van der Waals surface area contributed by atoms with Crippen LogP contribution in [0.4, 0.5) is 10.1 Å². The molecular formula is C22H21Cl2FN3O3S+. The number of carbonyl (C=O) groups excluding carboxylic acids is 1. The predicted molar refractivity (Wildman–Crippen MR) is 122 cm³/mol. The predicted octanol–water partition coefficient (Wildman–Crippen LogP) is 5.07. The van der Waals surface area contributed by atoms with Crippen molar-refractivity contribution in [3.8, 4) is 6.07 Å². The number of nitrogens with zero attached hydrogens (tertiary/aromatic N) is 2. The average Bonchev–Trinajstić information content (AvgIpc) is 3.54. The smallest absolute Gasteiger partial charge is 0.343 e. The summed E-state index contributed by atoms with van der Waals surface area (Å²) in [5.74, 6) is -0.966. The Morgan fingerprint density at radius 1 is 1.12 bits per heavy atom. The van der Waals surface area contributed by atoms with Gasteiger partial charge < -0.3 is 5.32 Å². The van der Waals surface area contributed by atoms with Gasteiger partial charge in [-0.1, -0.05) is 30.1 Å². The van der Waals surface area contributed by atoms with Gasteiger partial charge in [0.05, 0.1) is 10.6 Å². The quantitative estimate of drug-likeness (QED) is 0.606. The van der Waals surface area contributed by atoms with E-state index in [1.54, 1.807) is 0 Å². The molecule has 2 aliphatic rings. The summed E-state index contributed by atoms with van der Waals surface area (Å²) >= 11 is 11.9. The lowest BCUT2D eigenvalue weighted by atomic mass is 9.87. The Morgan fingerprint density at radius 3 is 2.31 bits per heavy atom. The molecule has 1 aliphatic heterocycles. The third-order valence-electron chi connectivity index (χ3n) is 5.76. The highest BCUT2D eigenvalue weighted by Gasteiger charge is 2.74. The Morgan fingerprint density at radius 2 is 1.72 bits per heavy atom. The van der Waals surface area contributed by atoms with Gasteiger partial charge in [0.25, 0.3) is 10.0 Å².